The molecule has 23 heavy (non-hydrogen) atoms. The Morgan fingerprint density at radius 2 is 1.65 bits per heavy atom. The maximum Gasteiger partial charge on any atom is 0.303 e. The molecule has 0 aromatic heterocycles. The monoisotopic (exact) mass is 332 g/mol. The van der Waals surface area contributed by atoms with E-state index in [4.69, 9.17) is 23.7 Å². The summed E-state index contributed by atoms with van der Waals surface area (Å²) in [5, 5.41) is 0. The van der Waals surface area contributed by atoms with Crippen LogP contribution in [-0.2, 0) is 38.1 Å². The molecule has 1 rings (SSSR count). The van der Waals surface area contributed by atoms with E-state index in [1.165, 1.54) is 20.8 Å². The number of carbonyl (C=O) groups excluding carboxylic acids is 3. The molecule has 1 fully saturated rings. The molecule has 0 aromatic carbocycles. The molecule has 0 N–H and O–H groups in total. The molecule has 0 aromatic rings. The van der Waals surface area contributed by atoms with E-state index in [9.17, 15) is 14.4 Å². The Bertz CT molecular complexity index is 458. The van der Waals surface area contributed by atoms with Gasteiger partial charge in [0.2, 0.25) is 0 Å². The van der Waals surface area contributed by atoms with Crippen molar-refractivity contribution in [3.63, 3.8) is 0 Å². The standard InChI is InChI=1S/C15H24O8/c1-10(16)19-7-13(22-12(3)18)6-15(8-20-11(2)17)9-21-14(4,5)23-15/h13H,6-9H2,1-5H3/t13-,15+/m0/s1. The third kappa shape index (κ3) is 6.96. The van der Waals surface area contributed by atoms with Crippen molar-refractivity contribution in [1.82, 2.24) is 0 Å². The Morgan fingerprint density at radius 1 is 1.04 bits per heavy atom. The van der Waals surface area contributed by atoms with Gasteiger partial charge >= 0.3 is 17.9 Å². The van der Waals surface area contributed by atoms with E-state index in [0.717, 1.165) is 0 Å². The minimum Gasteiger partial charge on any atom is -0.463 e. The van der Waals surface area contributed by atoms with E-state index in [2.05, 4.69) is 0 Å². The Labute approximate surface area is 135 Å². The predicted octanol–water partition coefficient (Wildman–Crippen LogP) is 0.956. The summed E-state index contributed by atoms with van der Waals surface area (Å²) in [6.07, 6.45) is -0.569. The average Bonchev–Trinajstić information content (AvgIpc) is 2.69. The van der Waals surface area contributed by atoms with Gasteiger partial charge < -0.3 is 23.7 Å². The number of hydrogen-bond acceptors (Lipinski definition) is 8. The maximum absolute atomic E-state index is 11.3. The van der Waals surface area contributed by atoms with Gasteiger partial charge in [-0.1, -0.05) is 0 Å². The van der Waals surface area contributed by atoms with E-state index in [1.807, 2.05) is 0 Å². The fourth-order valence-electron chi connectivity index (χ4n) is 2.34. The van der Waals surface area contributed by atoms with Gasteiger partial charge in [0.25, 0.3) is 0 Å². The first kappa shape index (κ1) is 19.4. The minimum absolute atomic E-state index is 0.0520. The topological polar surface area (TPSA) is 97.4 Å². The molecule has 132 valence electrons. The van der Waals surface area contributed by atoms with E-state index in [1.54, 1.807) is 13.8 Å². The molecule has 0 bridgehead atoms. The quantitative estimate of drug-likeness (QED) is 0.502. The highest BCUT2D eigenvalue weighted by Crippen LogP contribution is 2.35. The highest BCUT2D eigenvalue weighted by Gasteiger charge is 2.48. The fraction of sp³-hybridized carbons (Fsp3) is 0.800. The second kappa shape index (κ2) is 7.74. The van der Waals surface area contributed by atoms with Crippen LogP contribution in [-0.4, -0.2) is 55.2 Å². The lowest BCUT2D eigenvalue weighted by atomic mass is 9.98. The highest BCUT2D eigenvalue weighted by atomic mass is 16.8. The minimum atomic E-state index is -0.977. The molecule has 0 unspecified atom stereocenters. The van der Waals surface area contributed by atoms with E-state index < -0.39 is 35.4 Å². The van der Waals surface area contributed by atoms with Crippen molar-refractivity contribution in [2.24, 2.45) is 0 Å². The van der Waals surface area contributed by atoms with Crippen molar-refractivity contribution < 1.29 is 38.1 Å². The summed E-state index contributed by atoms with van der Waals surface area (Å²) in [4.78, 5) is 33.3. The van der Waals surface area contributed by atoms with Crippen LogP contribution in [0.1, 0.15) is 41.0 Å². The van der Waals surface area contributed by atoms with Crippen molar-refractivity contribution in [1.29, 1.82) is 0 Å². The van der Waals surface area contributed by atoms with Gasteiger partial charge in [-0.25, -0.2) is 0 Å². The molecule has 1 saturated heterocycles. The number of esters is 3. The first-order valence-corrected chi connectivity index (χ1v) is 7.32. The molecular formula is C15H24O8. The smallest absolute Gasteiger partial charge is 0.303 e. The van der Waals surface area contributed by atoms with Gasteiger partial charge in [-0.2, -0.15) is 0 Å². The lowest BCUT2D eigenvalue weighted by Gasteiger charge is -2.31. The summed E-state index contributed by atoms with van der Waals surface area (Å²) in [5.41, 5.74) is -0.977. The third-order valence-corrected chi connectivity index (χ3v) is 3.09. The normalized spacial score (nSPS) is 23.9. The lowest BCUT2D eigenvalue weighted by molar-refractivity contribution is -0.190. The second-order valence-corrected chi connectivity index (χ2v) is 5.99. The Morgan fingerprint density at radius 3 is 2.09 bits per heavy atom. The van der Waals surface area contributed by atoms with Crippen LogP contribution in [0.3, 0.4) is 0 Å². The van der Waals surface area contributed by atoms with Gasteiger partial charge in [0.05, 0.1) is 6.61 Å². The molecule has 8 nitrogen and oxygen atoms in total. The van der Waals surface area contributed by atoms with Crippen molar-refractivity contribution in [3.05, 3.63) is 0 Å². The Kier molecular flexibility index (Phi) is 6.52. The van der Waals surface area contributed by atoms with Crippen LogP contribution in [0.4, 0.5) is 0 Å². The SMILES string of the molecule is CC(=O)OC[C@H](C[C@@]1(COC(C)=O)COC(C)(C)O1)OC(C)=O. The predicted molar refractivity (Wildman–Crippen MR) is 77.3 cm³/mol. The van der Waals surface area contributed by atoms with Crippen LogP contribution in [0, 0.1) is 0 Å². The third-order valence-electron chi connectivity index (χ3n) is 3.09. The number of hydrogen-bond donors (Lipinski definition) is 0. The van der Waals surface area contributed by atoms with Crippen molar-refractivity contribution in [2.75, 3.05) is 19.8 Å². The average molecular weight is 332 g/mol. The zero-order chi connectivity index (χ0) is 17.7. The van der Waals surface area contributed by atoms with Crippen molar-refractivity contribution in [3.8, 4) is 0 Å². The summed E-state index contributed by atoms with van der Waals surface area (Å²) in [7, 11) is 0. The van der Waals surface area contributed by atoms with Crippen LogP contribution in [0.25, 0.3) is 0 Å². The lowest BCUT2D eigenvalue weighted by Crippen LogP contribution is -2.45. The van der Waals surface area contributed by atoms with Gasteiger partial charge in [0.15, 0.2) is 5.79 Å². The van der Waals surface area contributed by atoms with Crippen LogP contribution < -0.4 is 0 Å². The molecule has 1 aliphatic rings. The molecule has 2 atom stereocenters. The molecule has 0 radical (unpaired) electrons. The summed E-state index contributed by atoms with van der Waals surface area (Å²) < 4.78 is 26.6. The van der Waals surface area contributed by atoms with E-state index in [-0.39, 0.29) is 26.2 Å². The van der Waals surface area contributed by atoms with Crippen LogP contribution in [0.15, 0.2) is 0 Å². The molecule has 0 amide bonds. The molecular weight excluding hydrogens is 308 g/mol. The van der Waals surface area contributed by atoms with E-state index >= 15 is 0 Å². The van der Waals surface area contributed by atoms with Gasteiger partial charge in [0.1, 0.15) is 24.9 Å². The highest BCUT2D eigenvalue weighted by molar-refractivity contribution is 5.67. The fourth-order valence-corrected chi connectivity index (χ4v) is 2.34. The van der Waals surface area contributed by atoms with Crippen LogP contribution in [0.2, 0.25) is 0 Å². The second-order valence-electron chi connectivity index (χ2n) is 5.99. The van der Waals surface area contributed by atoms with Crippen LogP contribution in [0.5, 0.6) is 0 Å². The molecule has 0 aliphatic carbocycles. The molecule has 0 saturated carbocycles. The van der Waals surface area contributed by atoms with Gasteiger partial charge in [-0.3, -0.25) is 14.4 Å². The maximum atomic E-state index is 11.3. The van der Waals surface area contributed by atoms with E-state index in [0.29, 0.717) is 0 Å². The van der Waals surface area contributed by atoms with Gasteiger partial charge in [0, 0.05) is 27.2 Å². The first-order chi connectivity index (χ1) is 10.5. The van der Waals surface area contributed by atoms with Gasteiger partial charge in [-0.15, -0.1) is 0 Å². The molecule has 0 spiro atoms. The van der Waals surface area contributed by atoms with Gasteiger partial charge in [-0.05, 0) is 13.8 Å². The van der Waals surface area contributed by atoms with Crippen molar-refractivity contribution >= 4 is 17.9 Å². The zero-order valence-corrected chi connectivity index (χ0v) is 14.2. The molecule has 8 heteroatoms. The first-order valence-electron chi connectivity index (χ1n) is 7.32. The Hall–Kier alpha value is -1.67. The summed E-state index contributed by atoms with van der Waals surface area (Å²) >= 11 is 0. The zero-order valence-electron chi connectivity index (χ0n) is 14.2. The summed E-state index contributed by atoms with van der Waals surface area (Å²) in [6.45, 7) is 7.27. The number of rotatable bonds is 7. The molecule has 1 heterocycles. The summed E-state index contributed by atoms with van der Waals surface area (Å²) in [5.74, 6) is -2.31. The largest absolute Gasteiger partial charge is 0.463 e. The Balaban J connectivity index is 2.84. The number of ether oxygens (including phenoxy) is 5. The van der Waals surface area contributed by atoms with Crippen LogP contribution >= 0.6 is 0 Å². The summed E-state index contributed by atoms with van der Waals surface area (Å²) in [6, 6.07) is 0. The van der Waals surface area contributed by atoms with Crippen molar-refractivity contribution in [2.45, 2.75) is 58.5 Å². The molecule has 1 aliphatic heterocycles. The number of carbonyl (C=O) groups is 3.